The molecule has 11 heteroatoms. The summed E-state index contributed by atoms with van der Waals surface area (Å²) in [4.78, 5) is 21.2. The SMILES string of the molecule is C[C@@](Cc1c[nH]c2ccccc12)(NS(=O)(=O)c1cccc(C(F)(F)F)c1)C(=O)NCC1(c2ccccn2)CCCCC1. The number of carbonyl (C=O) groups is 1. The summed E-state index contributed by atoms with van der Waals surface area (Å²) < 4.78 is 69.7. The number of alkyl halides is 3. The quantitative estimate of drug-likeness (QED) is 0.224. The summed E-state index contributed by atoms with van der Waals surface area (Å²) in [5.41, 5.74) is -0.871. The third-order valence-corrected chi connectivity index (χ3v) is 9.75. The number of aromatic amines is 1. The molecule has 0 spiro atoms. The average molecular weight is 599 g/mol. The molecule has 1 saturated carbocycles. The molecule has 0 aliphatic heterocycles. The molecule has 0 unspecified atom stereocenters. The molecule has 0 bridgehead atoms. The molecule has 7 nitrogen and oxygen atoms in total. The molecule has 4 aromatic rings. The predicted molar refractivity (Wildman–Crippen MR) is 154 cm³/mol. The highest BCUT2D eigenvalue weighted by molar-refractivity contribution is 7.89. The highest BCUT2D eigenvalue weighted by atomic mass is 32.2. The van der Waals surface area contributed by atoms with Gasteiger partial charge in [0.15, 0.2) is 0 Å². The molecule has 2 heterocycles. The summed E-state index contributed by atoms with van der Waals surface area (Å²) in [6, 6.07) is 16.6. The fourth-order valence-electron chi connectivity index (χ4n) is 5.89. The van der Waals surface area contributed by atoms with Gasteiger partial charge in [0.2, 0.25) is 15.9 Å². The Morgan fingerprint density at radius 3 is 2.45 bits per heavy atom. The maximum absolute atomic E-state index is 14.0. The van der Waals surface area contributed by atoms with Crippen molar-refractivity contribution < 1.29 is 26.4 Å². The standard InChI is InChI=1S/C31H33F3N4O3S/c1-29(19-22-20-36-26-13-4-3-12-25(22)26,38-42(40,41)24-11-9-10-23(18-24)31(32,33)34)28(39)37-21-30(15-6-2-7-16-30)27-14-5-8-17-35-27/h3-5,8-14,17-18,20,36,38H,2,6-7,15-16,19,21H2,1H3,(H,37,39)/t29-/m0/s1. The molecule has 3 N–H and O–H groups in total. The van der Waals surface area contributed by atoms with Gasteiger partial charge in [0.1, 0.15) is 5.54 Å². The van der Waals surface area contributed by atoms with Crippen LogP contribution in [0.1, 0.15) is 55.8 Å². The molecule has 5 rings (SSSR count). The Bertz CT molecular complexity index is 1670. The molecule has 0 saturated heterocycles. The largest absolute Gasteiger partial charge is 0.416 e. The van der Waals surface area contributed by atoms with E-state index >= 15 is 0 Å². The van der Waals surface area contributed by atoms with Gasteiger partial charge in [-0.25, -0.2) is 8.42 Å². The van der Waals surface area contributed by atoms with E-state index in [1.54, 1.807) is 12.4 Å². The van der Waals surface area contributed by atoms with Crippen molar-refractivity contribution in [1.82, 2.24) is 20.0 Å². The number of para-hydroxylation sites is 1. The van der Waals surface area contributed by atoms with Gasteiger partial charge in [0, 0.05) is 47.4 Å². The van der Waals surface area contributed by atoms with E-state index < -0.39 is 43.5 Å². The van der Waals surface area contributed by atoms with Crippen molar-refractivity contribution in [3.8, 4) is 0 Å². The van der Waals surface area contributed by atoms with Crippen LogP contribution in [0.4, 0.5) is 13.2 Å². The number of nitrogens with one attached hydrogen (secondary N) is 3. The van der Waals surface area contributed by atoms with Crippen LogP contribution in [0.25, 0.3) is 10.9 Å². The molecule has 222 valence electrons. The van der Waals surface area contributed by atoms with Crippen LogP contribution >= 0.6 is 0 Å². The Hall–Kier alpha value is -3.70. The van der Waals surface area contributed by atoms with Crippen molar-refractivity contribution in [1.29, 1.82) is 0 Å². The van der Waals surface area contributed by atoms with Crippen LogP contribution in [0.5, 0.6) is 0 Å². The summed E-state index contributed by atoms with van der Waals surface area (Å²) in [6.07, 6.45) is 3.33. The van der Waals surface area contributed by atoms with E-state index in [-0.39, 0.29) is 13.0 Å². The molecule has 2 aromatic heterocycles. The lowest BCUT2D eigenvalue weighted by Crippen LogP contribution is -2.59. The van der Waals surface area contributed by atoms with E-state index in [1.807, 2.05) is 42.5 Å². The second kappa shape index (κ2) is 11.5. The second-order valence-electron chi connectivity index (χ2n) is 11.2. The van der Waals surface area contributed by atoms with Crippen molar-refractivity contribution in [2.45, 2.75) is 67.5 Å². The number of aromatic nitrogens is 2. The van der Waals surface area contributed by atoms with E-state index in [0.717, 1.165) is 66.9 Å². The molecular formula is C31H33F3N4O3S. The first-order valence-corrected chi connectivity index (χ1v) is 15.4. The number of nitrogens with zero attached hydrogens (tertiary/aromatic N) is 1. The molecule has 1 fully saturated rings. The van der Waals surface area contributed by atoms with Gasteiger partial charge in [0.25, 0.3) is 0 Å². The van der Waals surface area contributed by atoms with Gasteiger partial charge >= 0.3 is 6.18 Å². The summed E-state index contributed by atoms with van der Waals surface area (Å²) in [7, 11) is -4.55. The number of hydrogen-bond acceptors (Lipinski definition) is 4. The first-order valence-electron chi connectivity index (χ1n) is 13.9. The fourth-order valence-corrected chi connectivity index (χ4v) is 7.31. The smallest absolute Gasteiger partial charge is 0.361 e. The fraction of sp³-hybridized carbons (Fsp3) is 0.355. The van der Waals surface area contributed by atoms with Gasteiger partial charge in [-0.15, -0.1) is 0 Å². The Morgan fingerprint density at radius 1 is 1.00 bits per heavy atom. The van der Waals surface area contributed by atoms with E-state index in [2.05, 4.69) is 20.0 Å². The van der Waals surface area contributed by atoms with Crippen LogP contribution in [0.15, 0.2) is 84.0 Å². The molecule has 1 amide bonds. The predicted octanol–water partition coefficient (Wildman–Crippen LogP) is 5.88. The maximum atomic E-state index is 14.0. The number of rotatable bonds is 9. The topological polar surface area (TPSA) is 104 Å². The first kappa shape index (κ1) is 29.8. The Morgan fingerprint density at radius 2 is 1.74 bits per heavy atom. The van der Waals surface area contributed by atoms with Crippen LogP contribution in [0.3, 0.4) is 0 Å². The van der Waals surface area contributed by atoms with Crippen molar-refractivity contribution in [2.24, 2.45) is 0 Å². The molecule has 1 aliphatic rings. The second-order valence-corrected chi connectivity index (χ2v) is 12.9. The molecule has 0 radical (unpaired) electrons. The summed E-state index contributed by atoms with van der Waals surface area (Å²) in [5.74, 6) is -0.579. The van der Waals surface area contributed by atoms with Crippen LogP contribution in [0.2, 0.25) is 0 Å². The molecule has 42 heavy (non-hydrogen) atoms. The number of carbonyl (C=O) groups excluding carboxylic acids is 1. The number of fused-ring (bicyclic) bond motifs is 1. The number of hydrogen-bond donors (Lipinski definition) is 3. The Labute approximate surface area is 243 Å². The van der Waals surface area contributed by atoms with E-state index in [9.17, 15) is 26.4 Å². The van der Waals surface area contributed by atoms with Crippen molar-refractivity contribution in [2.75, 3.05) is 6.54 Å². The number of benzene rings is 2. The third-order valence-electron chi connectivity index (χ3n) is 8.16. The molecule has 2 aromatic carbocycles. The number of amides is 1. The average Bonchev–Trinajstić information content (AvgIpc) is 3.38. The van der Waals surface area contributed by atoms with Crippen LogP contribution < -0.4 is 10.0 Å². The highest BCUT2D eigenvalue weighted by Gasteiger charge is 2.42. The van der Waals surface area contributed by atoms with E-state index in [4.69, 9.17) is 0 Å². The van der Waals surface area contributed by atoms with Crippen molar-refractivity contribution in [3.63, 3.8) is 0 Å². The minimum Gasteiger partial charge on any atom is -0.361 e. The van der Waals surface area contributed by atoms with E-state index in [1.165, 1.54) is 6.92 Å². The van der Waals surface area contributed by atoms with Crippen LogP contribution in [-0.4, -0.2) is 36.4 Å². The normalized spacial score (nSPS) is 17.0. The molecule has 1 aliphatic carbocycles. The number of halogens is 3. The molecular weight excluding hydrogens is 565 g/mol. The lowest BCUT2D eigenvalue weighted by Gasteiger charge is -2.38. The minimum absolute atomic E-state index is 0.0440. The molecule has 1 atom stereocenters. The van der Waals surface area contributed by atoms with Gasteiger partial charge in [-0.2, -0.15) is 17.9 Å². The van der Waals surface area contributed by atoms with Gasteiger partial charge in [-0.1, -0.05) is 49.6 Å². The number of sulfonamides is 1. The zero-order valence-electron chi connectivity index (χ0n) is 23.2. The van der Waals surface area contributed by atoms with Crippen molar-refractivity contribution in [3.05, 3.63) is 95.9 Å². The van der Waals surface area contributed by atoms with Gasteiger partial charge in [-0.05, 0) is 61.7 Å². The summed E-state index contributed by atoms with van der Waals surface area (Å²) >= 11 is 0. The summed E-state index contributed by atoms with van der Waals surface area (Å²) in [6.45, 7) is 1.71. The summed E-state index contributed by atoms with van der Waals surface area (Å²) in [5, 5.41) is 3.82. The lowest BCUT2D eigenvalue weighted by molar-refractivity contribution is -0.137. The zero-order chi connectivity index (χ0) is 30.0. The third kappa shape index (κ3) is 6.22. The lowest BCUT2D eigenvalue weighted by atomic mass is 9.71. The van der Waals surface area contributed by atoms with E-state index in [0.29, 0.717) is 11.6 Å². The van der Waals surface area contributed by atoms with Gasteiger partial charge < -0.3 is 10.3 Å². The highest BCUT2D eigenvalue weighted by Crippen LogP contribution is 2.38. The van der Waals surface area contributed by atoms with Crippen LogP contribution in [0, 0.1) is 0 Å². The monoisotopic (exact) mass is 598 g/mol. The minimum atomic E-state index is -4.73. The van der Waals surface area contributed by atoms with Crippen LogP contribution in [-0.2, 0) is 32.8 Å². The zero-order valence-corrected chi connectivity index (χ0v) is 24.0. The van der Waals surface area contributed by atoms with Crippen molar-refractivity contribution >= 4 is 26.8 Å². The Balaban J connectivity index is 1.48. The Kier molecular flexibility index (Phi) is 8.17. The first-order chi connectivity index (χ1) is 19.9. The maximum Gasteiger partial charge on any atom is 0.416 e. The van der Waals surface area contributed by atoms with Gasteiger partial charge in [-0.3, -0.25) is 9.78 Å². The number of pyridine rings is 1. The van der Waals surface area contributed by atoms with Gasteiger partial charge in [0.05, 0.1) is 10.5 Å². The number of H-pyrrole nitrogens is 1.